The highest BCUT2D eigenvalue weighted by Crippen LogP contribution is 2.46. The van der Waals surface area contributed by atoms with E-state index in [1.165, 1.54) is 21.3 Å². The van der Waals surface area contributed by atoms with Gasteiger partial charge in [-0.3, -0.25) is 9.59 Å². The second-order valence-electron chi connectivity index (χ2n) is 7.87. The topological polar surface area (TPSA) is 100 Å². The van der Waals surface area contributed by atoms with E-state index in [1.54, 1.807) is 32.0 Å². The minimum absolute atomic E-state index is 0.190. The average molecular weight is 443 g/mol. The van der Waals surface area contributed by atoms with Gasteiger partial charge in [0.15, 0.2) is 17.3 Å². The lowest BCUT2D eigenvalue weighted by Crippen LogP contribution is -2.43. The van der Waals surface area contributed by atoms with E-state index in [-0.39, 0.29) is 18.3 Å². The van der Waals surface area contributed by atoms with Gasteiger partial charge in [0, 0.05) is 22.9 Å². The van der Waals surface area contributed by atoms with Crippen LogP contribution in [0, 0.1) is 11.8 Å². The fourth-order valence-electron chi connectivity index (χ4n) is 4.53. The first-order valence-electron chi connectivity index (χ1n) is 10.5. The van der Waals surface area contributed by atoms with E-state index in [4.69, 9.17) is 18.9 Å². The molecule has 0 bridgehead atoms. The Bertz CT molecular complexity index is 1010. The van der Waals surface area contributed by atoms with Crippen molar-refractivity contribution < 1.29 is 33.3 Å². The molecule has 0 saturated heterocycles. The summed E-state index contributed by atoms with van der Waals surface area (Å²) in [5.41, 5.74) is 2.67. The number of hydrogen-bond acceptors (Lipinski definition) is 8. The van der Waals surface area contributed by atoms with Crippen LogP contribution in [0.4, 0.5) is 0 Å². The maximum Gasteiger partial charge on any atom is 0.336 e. The number of benzene rings is 1. The molecule has 3 atom stereocenters. The molecule has 1 aliphatic carbocycles. The van der Waals surface area contributed by atoms with Gasteiger partial charge < -0.3 is 24.3 Å². The number of carbonyl (C=O) groups excluding carboxylic acids is 3. The predicted molar refractivity (Wildman–Crippen MR) is 116 cm³/mol. The molecule has 3 rings (SSSR count). The van der Waals surface area contributed by atoms with E-state index in [0.29, 0.717) is 46.0 Å². The number of rotatable bonds is 6. The van der Waals surface area contributed by atoms with Crippen molar-refractivity contribution in [2.24, 2.45) is 11.8 Å². The Balaban J connectivity index is 2.23. The zero-order valence-electron chi connectivity index (χ0n) is 19.2. The minimum atomic E-state index is -0.940. The molecule has 1 heterocycles. The molecule has 172 valence electrons. The van der Waals surface area contributed by atoms with E-state index in [9.17, 15) is 14.4 Å². The van der Waals surface area contributed by atoms with Gasteiger partial charge in [0.25, 0.3) is 0 Å². The first kappa shape index (κ1) is 23.4. The number of ether oxygens (including phenoxy) is 4. The van der Waals surface area contributed by atoms with Crippen molar-refractivity contribution in [1.29, 1.82) is 0 Å². The zero-order chi connectivity index (χ0) is 23.6. The summed E-state index contributed by atoms with van der Waals surface area (Å²) in [6, 6.07) is 5.25. The van der Waals surface area contributed by atoms with Crippen LogP contribution in [0.1, 0.15) is 38.7 Å². The Kier molecular flexibility index (Phi) is 6.91. The first-order valence-corrected chi connectivity index (χ1v) is 10.5. The van der Waals surface area contributed by atoms with Gasteiger partial charge in [0.1, 0.15) is 5.92 Å². The summed E-state index contributed by atoms with van der Waals surface area (Å²) in [5, 5.41) is 3.23. The molecular weight excluding hydrogens is 414 g/mol. The third-order valence-corrected chi connectivity index (χ3v) is 5.98. The number of ketones is 1. The standard InChI is InChI=1S/C24H29NO7/c1-7-32-24(28)19-13(3)25-15-10-12(2)18(23(27)31-6)22(26)21(15)20(19)14-8-9-16(29-4)17(11-14)30-5/h8-9,11-12,18,20,25H,7,10H2,1-6H3/t12-,18+,20+/m1/s1. The van der Waals surface area contributed by atoms with Gasteiger partial charge in [-0.25, -0.2) is 4.79 Å². The van der Waals surface area contributed by atoms with Crippen LogP contribution in [-0.2, 0) is 23.9 Å². The Hall–Kier alpha value is -3.29. The highest BCUT2D eigenvalue weighted by Gasteiger charge is 2.47. The maximum absolute atomic E-state index is 13.6. The molecule has 1 aromatic rings. The quantitative estimate of drug-likeness (QED) is 0.529. The summed E-state index contributed by atoms with van der Waals surface area (Å²) < 4.78 is 21.0. The van der Waals surface area contributed by atoms with Crippen molar-refractivity contribution in [3.8, 4) is 11.5 Å². The molecule has 0 radical (unpaired) electrons. The molecule has 0 fully saturated rings. The molecule has 8 heteroatoms. The van der Waals surface area contributed by atoms with Gasteiger partial charge in [-0.15, -0.1) is 0 Å². The molecule has 8 nitrogen and oxygen atoms in total. The van der Waals surface area contributed by atoms with Crippen LogP contribution < -0.4 is 14.8 Å². The van der Waals surface area contributed by atoms with Crippen molar-refractivity contribution >= 4 is 17.7 Å². The van der Waals surface area contributed by atoms with Crippen LogP contribution in [0.2, 0.25) is 0 Å². The smallest absolute Gasteiger partial charge is 0.336 e. The Labute approximate surface area is 187 Å². The molecular formula is C24H29NO7. The third kappa shape index (κ3) is 3.97. The summed E-state index contributed by atoms with van der Waals surface area (Å²) in [6.07, 6.45) is 0.470. The number of carbonyl (C=O) groups is 3. The molecule has 1 aromatic carbocycles. The lowest BCUT2D eigenvalue weighted by atomic mass is 9.69. The van der Waals surface area contributed by atoms with Crippen molar-refractivity contribution in [2.75, 3.05) is 27.9 Å². The first-order chi connectivity index (χ1) is 15.3. The van der Waals surface area contributed by atoms with Crippen molar-refractivity contribution in [1.82, 2.24) is 5.32 Å². The number of methoxy groups -OCH3 is 3. The van der Waals surface area contributed by atoms with Gasteiger partial charge in [0.05, 0.1) is 33.5 Å². The van der Waals surface area contributed by atoms with E-state index in [0.717, 1.165) is 0 Å². The van der Waals surface area contributed by atoms with Gasteiger partial charge >= 0.3 is 11.9 Å². The number of nitrogens with one attached hydrogen (secondary N) is 1. The average Bonchev–Trinajstić information content (AvgIpc) is 2.77. The summed E-state index contributed by atoms with van der Waals surface area (Å²) >= 11 is 0. The number of Topliss-reactive ketones (excluding diaryl/α,β-unsaturated/α-hetero) is 1. The lowest BCUT2D eigenvalue weighted by molar-refractivity contribution is -0.151. The van der Waals surface area contributed by atoms with Gasteiger partial charge in [0.2, 0.25) is 0 Å². The summed E-state index contributed by atoms with van der Waals surface area (Å²) in [6.45, 7) is 5.54. The van der Waals surface area contributed by atoms with Crippen LogP contribution in [0.15, 0.2) is 40.7 Å². The van der Waals surface area contributed by atoms with Crippen LogP contribution in [0.25, 0.3) is 0 Å². The van der Waals surface area contributed by atoms with E-state index in [1.807, 2.05) is 6.92 Å². The summed E-state index contributed by atoms with van der Waals surface area (Å²) in [7, 11) is 4.32. The summed E-state index contributed by atoms with van der Waals surface area (Å²) in [4.78, 5) is 39.1. The van der Waals surface area contributed by atoms with E-state index >= 15 is 0 Å². The monoisotopic (exact) mass is 443 g/mol. The molecule has 2 aliphatic rings. The maximum atomic E-state index is 13.6. The summed E-state index contributed by atoms with van der Waals surface area (Å²) in [5.74, 6) is -2.38. The largest absolute Gasteiger partial charge is 0.493 e. The normalized spacial score (nSPS) is 22.7. The second kappa shape index (κ2) is 9.46. The van der Waals surface area contributed by atoms with Gasteiger partial charge in [-0.05, 0) is 43.9 Å². The van der Waals surface area contributed by atoms with Crippen LogP contribution in [0.3, 0.4) is 0 Å². The third-order valence-electron chi connectivity index (χ3n) is 5.98. The van der Waals surface area contributed by atoms with Crippen LogP contribution in [-0.4, -0.2) is 45.7 Å². The highest BCUT2D eigenvalue weighted by molar-refractivity contribution is 6.12. The predicted octanol–water partition coefficient (Wildman–Crippen LogP) is 2.88. The number of allylic oxidation sites excluding steroid dienone is 3. The van der Waals surface area contributed by atoms with Gasteiger partial charge in [-0.2, -0.15) is 0 Å². The van der Waals surface area contributed by atoms with Crippen molar-refractivity contribution in [2.45, 2.75) is 33.1 Å². The van der Waals surface area contributed by atoms with Gasteiger partial charge in [-0.1, -0.05) is 13.0 Å². The molecule has 1 aliphatic heterocycles. The highest BCUT2D eigenvalue weighted by atomic mass is 16.5. The molecule has 0 unspecified atom stereocenters. The lowest BCUT2D eigenvalue weighted by Gasteiger charge is -2.38. The van der Waals surface area contributed by atoms with Crippen LogP contribution in [0.5, 0.6) is 11.5 Å². The number of esters is 2. The van der Waals surface area contributed by atoms with E-state index < -0.39 is 23.8 Å². The number of hydrogen-bond donors (Lipinski definition) is 1. The Morgan fingerprint density at radius 2 is 1.81 bits per heavy atom. The van der Waals surface area contributed by atoms with Crippen LogP contribution >= 0.6 is 0 Å². The van der Waals surface area contributed by atoms with Crippen molar-refractivity contribution in [3.63, 3.8) is 0 Å². The molecule has 0 amide bonds. The molecule has 0 aromatic heterocycles. The zero-order valence-corrected chi connectivity index (χ0v) is 19.2. The fraction of sp³-hybridized carbons (Fsp3) is 0.458. The second-order valence-corrected chi connectivity index (χ2v) is 7.87. The van der Waals surface area contributed by atoms with Crippen molar-refractivity contribution in [3.05, 3.63) is 46.3 Å². The Morgan fingerprint density at radius 1 is 1.12 bits per heavy atom. The molecule has 0 saturated carbocycles. The SMILES string of the molecule is CCOC(=O)C1=C(C)NC2=C(C(=O)[C@@H](C(=O)OC)[C@H](C)C2)[C@H]1c1ccc(OC)c(OC)c1. The fourth-order valence-corrected chi connectivity index (χ4v) is 4.53. The molecule has 32 heavy (non-hydrogen) atoms. The number of dihydropyridines is 1. The minimum Gasteiger partial charge on any atom is -0.493 e. The Morgan fingerprint density at radius 3 is 2.41 bits per heavy atom. The molecule has 0 spiro atoms. The molecule has 1 N–H and O–H groups in total. The van der Waals surface area contributed by atoms with E-state index in [2.05, 4.69) is 5.32 Å².